The van der Waals surface area contributed by atoms with Crippen LogP contribution in [0.5, 0.6) is 0 Å². The van der Waals surface area contributed by atoms with Crippen molar-refractivity contribution in [3.63, 3.8) is 0 Å². The number of carbonyl (C=O) groups excluding carboxylic acids is 4. The normalized spacial score (nSPS) is 23.7. The second-order valence-corrected chi connectivity index (χ2v) is 8.59. The van der Waals surface area contributed by atoms with Crippen molar-refractivity contribution < 1.29 is 23.9 Å². The van der Waals surface area contributed by atoms with Crippen molar-refractivity contribution >= 4 is 23.7 Å². The minimum atomic E-state index is -0.722. The highest BCUT2D eigenvalue weighted by Gasteiger charge is 2.47. The molecule has 2 saturated heterocycles. The molecule has 0 aromatic heterocycles. The van der Waals surface area contributed by atoms with E-state index in [9.17, 15) is 19.2 Å². The highest BCUT2D eigenvalue weighted by Crippen LogP contribution is 2.34. The number of amides is 3. The molecule has 0 unspecified atom stereocenters. The van der Waals surface area contributed by atoms with Crippen LogP contribution in [0.3, 0.4) is 0 Å². The summed E-state index contributed by atoms with van der Waals surface area (Å²) in [6, 6.07) is 10.3. The first-order chi connectivity index (χ1) is 15.0. The summed E-state index contributed by atoms with van der Waals surface area (Å²) in [5.41, 5.74) is 1.31. The number of likely N-dealkylation sites (tertiary alicyclic amines) is 2. The van der Waals surface area contributed by atoms with Crippen molar-refractivity contribution in [1.82, 2.24) is 9.80 Å². The zero-order valence-electron chi connectivity index (χ0n) is 17.6. The Balaban J connectivity index is 1.19. The average Bonchev–Trinajstić information content (AvgIpc) is 3.04. The van der Waals surface area contributed by atoms with Gasteiger partial charge < -0.3 is 9.64 Å². The maximum absolute atomic E-state index is 12.4. The van der Waals surface area contributed by atoms with Gasteiger partial charge in [0, 0.05) is 13.1 Å². The number of esters is 1. The van der Waals surface area contributed by atoms with Crippen LogP contribution in [-0.4, -0.2) is 59.7 Å². The van der Waals surface area contributed by atoms with Crippen LogP contribution >= 0.6 is 0 Å². The van der Waals surface area contributed by atoms with E-state index in [-0.39, 0.29) is 36.2 Å². The Morgan fingerprint density at radius 1 is 0.935 bits per heavy atom. The van der Waals surface area contributed by atoms with Crippen molar-refractivity contribution in [2.45, 2.75) is 32.1 Å². The van der Waals surface area contributed by atoms with E-state index in [1.165, 1.54) is 5.56 Å². The zero-order chi connectivity index (χ0) is 21.8. The number of carbonyl (C=O) groups is 4. The van der Waals surface area contributed by atoms with Gasteiger partial charge in [0.1, 0.15) is 6.54 Å². The minimum absolute atomic E-state index is 0.233. The molecule has 2 fully saturated rings. The molecule has 1 aliphatic carbocycles. The smallest absolute Gasteiger partial charge is 0.326 e. The molecule has 1 aromatic rings. The van der Waals surface area contributed by atoms with Gasteiger partial charge in [-0.3, -0.25) is 24.1 Å². The summed E-state index contributed by atoms with van der Waals surface area (Å²) in [4.78, 5) is 52.2. The van der Waals surface area contributed by atoms with Gasteiger partial charge in [-0.25, -0.2) is 0 Å². The van der Waals surface area contributed by atoms with E-state index in [2.05, 4.69) is 12.1 Å². The molecule has 0 saturated carbocycles. The third-order valence-electron chi connectivity index (χ3n) is 6.58. The molecule has 0 N–H and O–H groups in total. The summed E-state index contributed by atoms with van der Waals surface area (Å²) >= 11 is 0. The third kappa shape index (κ3) is 4.86. The Hall–Kier alpha value is -2.96. The maximum atomic E-state index is 12.4. The molecule has 31 heavy (non-hydrogen) atoms. The molecule has 0 spiro atoms. The van der Waals surface area contributed by atoms with Crippen LogP contribution in [0.4, 0.5) is 0 Å². The van der Waals surface area contributed by atoms with Gasteiger partial charge in [-0.1, -0.05) is 42.5 Å². The Morgan fingerprint density at radius 2 is 1.55 bits per heavy atom. The van der Waals surface area contributed by atoms with Crippen molar-refractivity contribution in [2.24, 2.45) is 17.8 Å². The summed E-state index contributed by atoms with van der Waals surface area (Å²) in [7, 11) is 0. The number of benzene rings is 1. The number of fused-ring (bicyclic) bond motifs is 1. The predicted octanol–water partition coefficient (Wildman–Crippen LogP) is 1.96. The van der Waals surface area contributed by atoms with Crippen LogP contribution < -0.4 is 0 Å². The maximum Gasteiger partial charge on any atom is 0.326 e. The number of allylic oxidation sites excluding steroid dienone is 2. The largest absolute Gasteiger partial charge is 0.454 e. The van der Waals surface area contributed by atoms with Crippen LogP contribution in [0, 0.1) is 17.8 Å². The number of hydrogen-bond donors (Lipinski definition) is 0. The minimum Gasteiger partial charge on any atom is -0.454 e. The molecule has 3 amide bonds. The van der Waals surface area contributed by atoms with E-state index >= 15 is 0 Å². The van der Waals surface area contributed by atoms with Crippen LogP contribution in [0.15, 0.2) is 42.5 Å². The molecule has 7 heteroatoms. The van der Waals surface area contributed by atoms with Crippen molar-refractivity contribution in [2.75, 3.05) is 26.2 Å². The number of ether oxygens (including phenoxy) is 1. The summed E-state index contributed by atoms with van der Waals surface area (Å²) in [6.45, 7) is 0.518. The molecule has 2 aliphatic heterocycles. The number of imide groups is 1. The van der Waals surface area contributed by atoms with E-state index in [1.54, 1.807) is 4.90 Å². The van der Waals surface area contributed by atoms with E-state index in [4.69, 9.17) is 4.74 Å². The molecule has 2 atom stereocenters. The standard InChI is InChI=1S/C24H28N2O5/c27-21(25-12-10-18(11-13-25)14-17-6-2-1-3-7-17)16-31-22(28)15-26-23(29)19-8-4-5-9-20(19)24(26)30/h1-7,18-20H,8-16H2/t19-,20-/m0/s1. The van der Waals surface area contributed by atoms with Crippen LogP contribution in [0.2, 0.25) is 0 Å². The highest BCUT2D eigenvalue weighted by atomic mass is 16.5. The third-order valence-corrected chi connectivity index (χ3v) is 6.58. The van der Waals surface area contributed by atoms with Gasteiger partial charge in [-0.15, -0.1) is 0 Å². The highest BCUT2D eigenvalue weighted by molar-refractivity contribution is 6.07. The monoisotopic (exact) mass is 424 g/mol. The molecule has 4 rings (SSSR count). The first-order valence-corrected chi connectivity index (χ1v) is 11.0. The van der Waals surface area contributed by atoms with E-state index < -0.39 is 12.5 Å². The lowest BCUT2D eigenvalue weighted by atomic mass is 9.85. The molecule has 0 bridgehead atoms. The Morgan fingerprint density at radius 3 is 2.16 bits per heavy atom. The van der Waals surface area contributed by atoms with Gasteiger partial charge in [0.05, 0.1) is 11.8 Å². The first-order valence-electron chi connectivity index (χ1n) is 11.0. The zero-order valence-corrected chi connectivity index (χ0v) is 17.6. The lowest BCUT2D eigenvalue weighted by Gasteiger charge is -2.32. The van der Waals surface area contributed by atoms with Crippen LogP contribution in [-0.2, 0) is 30.3 Å². The fourth-order valence-corrected chi connectivity index (χ4v) is 4.77. The molecular weight excluding hydrogens is 396 g/mol. The van der Waals surface area contributed by atoms with Crippen molar-refractivity contribution in [3.05, 3.63) is 48.0 Å². The molecule has 164 valence electrons. The molecule has 1 aromatic carbocycles. The molecule has 2 heterocycles. The van der Waals surface area contributed by atoms with Gasteiger partial charge in [-0.2, -0.15) is 0 Å². The second kappa shape index (κ2) is 9.45. The number of piperidine rings is 1. The summed E-state index contributed by atoms with van der Waals surface area (Å²) in [5, 5.41) is 0. The van der Waals surface area contributed by atoms with Gasteiger partial charge in [-0.05, 0) is 43.6 Å². The van der Waals surface area contributed by atoms with Gasteiger partial charge in [0.25, 0.3) is 5.91 Å². The van der Waals surface area contributed by atoms with Crippen LogP contribution in [0.1, 0.15) is 31.2 Å². The SMILES string of the molecule is O=C(CN1C(=O)[C@H]2CC=CC[C@@H]2C1=O)OCC(=O)N1CCC(Cc2ccccc2)CC1. The summed E-state index contributed by atoms with van der Waals surface area (Å²) in [6.07, 6.45) is 7.70. The van der Waals surface area contributed by atoms with Crippen molar-refractivity contribution in [3.8, 4) is 0 Å². The van der Waals surface area contributed by atoms with E-state index in [0.717, 1.165) is 24.2 Å². The van der Waals surface area contributed by atoms with Gasteiger partial charge >= 0.3 is 5.97 Å². The average molecular weight is 424 g/mol. The molecule has 0 radical (unpaired) electrons. The van der Waals surface area contributed by atoms with E-state index in [0.29, 0.717) is 31.8 Å². The predicted molar refractivity (Wildman–Crippen MR) is 112 cm³/mol. The Kier molecular flexibility index (Phi) is 6.49. The topological polar surface area (TPSA) is 84.0 Å². The quantitative estimate of drug-likeness (QED) is 0.396. The molecule has 7 nitrogen and oxygen atoms in total. The fourth-order valence-electron chi connectivity index (χ4n) is 4.77. The van der Waals surface area contributed by atoms with Gasteiger partial charge in [0.15, 0.2) is 6.61 Å². The van der Waals surface area contributed by atoms with Crippen LogP contribution in [0.25, 0.3) is 0 Å². The Labute approximate surface area is 182 Å². The second-order valence-electron chi connectivity index (χ2n) is 8.59. The number of hydrogen-bond acceptors (Lipinski definition) is 5. The molecular formula is C24H28N2O5. The fraction of sp³-hybridized carbons (Fsp3) is 0.500. The van der Waals surface area contributed by atoms with Gasteiger partial charge in [0.2, 0.25) is 11.8 Å². The summed E-state index contributed by atoms with van der Waals surface area (Å²) < 4.78 is 5.10. The van der Waals surface area contributed by atoms with Crippen molar-refractivity contribution in [1.29, 1.82) is 0 Å². The van der Waals surface area contributed by atoms with E-state index in [1.807, 2.05) is 30.4 Å². The number of rotatable bonds is 6. The number of nitrogens with zero attached hydrogens (tertiary/aromatic N) is 2. The summed E-state index contributed by atoms with van der Waals surface area (Å²) in [5.74, 6) is -1.79. The molecule has 3 aliphatic rings. The first kappa shape index (κ1) is 21.3. The lowest BCUT2D eigenvalue weighted by molar-refractivity contribution is -0.157. The lowest BCUT2D eigenvalue weighted by Crippen LogP contribution is -2.42. The Bertz CT molecular complexity index is 847.